The molecule has 0 unspecified atom stereocenters. The predicted octanol–water partition coefficient (Wildman–Crippen LogP) is 2.04. The molecule has 0 N–H and O–H groups in total. The van der Waals surface area contributed by atoms with E-state index in [2.05, 4.69) is 19.9 Å². The molecule has 16 heavy (non-hydrogen) atoms. The largest absolute Gasteiger partial charge is 0.416 e. The molecule has 2 heterocycles. The molecule has 0 bridgehead atoms. The standard InChI is InChI=1S/C9H7F2N3O2/c1-5-13-7(14-16-5)6-3-2-4-12-8(6)15-9(10)11/h2-4,9H,1H3. The van der Waals surface area contributed by atoms with E-state index in [0.29, 0.717) is 5.89 Å². The Balaban J connectivity index is 2.40. The molecule has 0 aliphatic rings. The lowest BCUT2D eigenvalue weighted by Gasteiger charge is -2.05. The molecule has 0 fully saturated rings. The van der Waals surface area contributed by atoms with Crippen LogP contribution in [0.3, 0.4) is 0 Å². The summed E-state index contributed by atoms with van der Waals surface area (Å²) in [7, 11) is 0. The molecule has 0 aromatic carbocycles. The lowest BCUT2D eigenvalue weighted by molar-refractivity contribution is -0.0524. The molecule has 5 nitrogen and oxygen atoms in total. The van der Waals surface area contributed by atoms with E-state index in [1.54, 1.807) is 13.0 Å². The molecule has 0 aliphatic heterocycles. The molecule has 2 rings (SSSR count). The predicted molar refractivity (Wildman–Crippen MR) is 48.9 cm³/mol. The van der Waals surface area contributed by atoms with Crippen LogP contribution < -0.4 is 4.74 Å². The number of nitrogens with zero attached hydrogens (tertiary/aromatic N) is 3. The molecule has 0 atom stereocenters. The SMILES string of the molecule is Cc1nc(-c2cccnc2OC(F)F)no1. The quantitative estimate of drug-likeness (QED) is 0.802. The van der Waals surface area contributed by atoms with Gasteiger partial charge in [-0.3, -0.25) is 0 Å². The Kier molecular flexibility index (Phi) is 2.76. The van der Waals surface area contributed by atoms with Crippen molar-refractivity contribution in [1.82, 2.24) is 15.1 Å². The molecular weight excluding hydrogens is 220 g/mol. The molecule has 84 valence electrons. The molecule has 0 saturated carbocycles. The van der Waals surface area contributed by atoms with Crippen LogP contribution in [0.25, 0.3) is 11.4 Å². The Morgan fingerprint density at radius 2 is 2.25 bits per heavy atom. The minimum absolute atomic E-state index is 0.168. The Hall–Kier alpha value is -2.05. The van der Waals surface area contributed by atoms with Gasteiger partial charge in [0.25, 0.3) is 0 Å². The number of aromatic nitrogens is 3. The number of halogens is 2. The second kappa shape index (κ2) is 4.21. The first-order valence-electron chi connectivity index (χ1n) is 4.37. The summed E-state index contributed by atoms with van der Waals surface area (Å²) in [5, 5.41) is 3.60. The highest BCUT2D eigenvalue weighted by atomic mass is 19.3. The summed E-state index contributed by atoms with van der Waals surface area (Å²) in [6.07, 6.45) is 1.34. The van der Waals surface area contributed by atoms with Crippen LogP contribution in [0.2, 0.25) is 0 Å². The van der Waals surface area contributed by atoms with Gasteiger partial charge in [-0.25, -0.2) is 4.98 Å². The normalized spacial score (nSPS) is 10.8. The number of ether oxygens (including phenoxy) is 1. The van der Waals surface area contributed by atoms with Crippen molar-refractivity contribution in [2.75, 3.05) is 0 Å². The van der Waals surface area contributed by atoms with Crippen molar-refractivity contribution in [3.63, 3.8) is 0 Å². The molecule has 2 aromatic heterocycles. The van der Waals surface area contributed by atoms with E-state index in [1.807, 2.05) is 0 Å². The summed E-state index contributed by atoms with van der Waals surface area (Å²) >= 11 is 0. The van der Waals surface area contributed by atoms with Crippen molar-refractivity contribution in [3.8, 4) is 17.3 Å². The van der Waals surface area contributed by atoms with Gasteiger partial charge in [-0.2, -0.15) is 13.8 Å². The van der Waals surface area contributed by atoms with Crippen LogP contribution in [0.1, 0.15) is 5.89 Å². The van der Waals surface area contributed by atoms with Gasteiger partial charge >= 0.3 is 6.61 Å². The van der Waals surface area contributed by atoms with E-state index in [4.69, 9.17) is 4.52 Å². The Morgan fingerprint density at radius 3 is 2.88 bits per heavy atom. The van der Waals surface area contributed by atoms with Crippen molar-refractivity contribution in [3.05, 3.63) is 24.2 Å². The van der Waals surface area contributed by atoms with Crippen LogP contribution in [0, 0.1) is 6.92 Å². The van der Waals surface area contributed by atoms with Gasteiger partial charge in [0.1, 0.15) is 0 Å². The average molecular weight is 227 g/mol. The fourth-order valence-electron chi connectivity index (χ4n) is 1.15. The monoisotopic (exact) mass is 227 g/mol. The molecule has 0 aliphatic carbocycles. The Labute approximate surface area is 89.1 Å². The van der Waals surface area contributed by atoms with Crippen molar-refractivity contribution >= 4 is 0 Å². The molecule has 0 saturated heterocycles. The van der Waals surface area contributed by atoms with Gasteiger partial charge in [0.05, 0.1) is 5.56 Å². The first kappa shape index (κ1) is 10.5. The third-order valence-corrected chi connectivity index (χ3v) is 1.74. The number of hydrogen-bond donors (Lipinski definition) is 0. The van der Waals surface area contributed by atoms with Crippen molar-refractivity contribution in [2.24, 2.45) is 0 Å². The second-order valence-corrected chi connectivity index (χ2v) is 2.87. The van der Waals surface area contributed by atoms with Gasteiger partial charge in [0.15, 0.2) is 0 Å². The molecule has 2 aromatic rings. The van der Waals surface area contributed by atoms with Gasteiger partial charge in [0.2, 0.25) is 17.6 Å². The van der Waals surface area contributed by atoms with Gasteiger partial charge in [-0.05, 0) is 12.1 Å². The smallest absolute Gasteiger partial charge is 0.388 e. The number of aryl methyl sites for hydroxylation is 1. The average Bonchev–Trinajstić information content (AvgIpc) is 2.65. The first-order valence-corrected chi connectivity index (χ1v) is 4.37. The number of alkyl halides is 2. The molecule has 7 heteroatoms. The maximum Gasteiger partial charge on any atom is 0.388 e. The van der Waals surface area contributed by atoms with Crippen LogP contribution >= 0.6 is 0 Å². The molecule has 0 spiro atoms. The van der Waals surface area contributed by atoms with Gasteiger partial charge < -0.3 is 9.26 Å². The van der Waals surface area contributed by atoms with Crippen LogP contribution in [-0.4, -0.2) is 21.7 Å². The topological polar surface area (TPSA) is 61.0 Å². The molecule has 0 radical (unpaired) electrons. The maximum absolute atomic E-state index is 12.1. The van der Waals surface area contributed by atoms with Crippen LogP contribution in [0.15, 0.2) is 22.9 Å². The second-order valence-electron chi connectivity index (χ2n) is 2.87. The summed E-state index contributed by atoms with van der Waals surface area (Å²) in [6.45, 7) is -1.35. The van der Waals surface area contributed by atoms with Crippen molar-refractivity contribution in [2.45, 2.75) is 13.5 Å². The van der Waals surface area contributed by atoms with E-state index in [1.165, 1.54) is 12.3 Å². The van der Waals surface area contributed by atoms with E-state index < -0.39 is 6.61 Å². The van der Waals surface area contributed by atoms with Crippen LogP contribution in [0.5, 0.6) is 5.88 Å². The molecule has 0 amide bonds. The third kappa shape index (κ3) is 2.13. The van der Waals surface area contributed by atoms with Crippen molar-refractivity contribution < 1.29 is 18.0 Å². The highest BCUT2D eigenvalue weighted by molar-refractivity contribution is 5.60. The zero-order valence-corrected chi connectivity index (χ0v) is 8.22. The summed E-state index contributed by atoms with van der Waals surface area (Å²) in [6, 6.07) is 3.09. The summed E-state index contributed by atoms with van der Waals surface area (Å²) in [5.74, 6) is 0.279. The minimum Gasteiger partial charge on any atom is -0.416 e. The van der Waals surface area contributed by atoms with E-state index in [9.17, 15) is 8.78 Å². The number of pyridine rings is 1. The van der Waals surface area contributed by atoms with E-state index in [0.717, 1.165) is 0 Å². The molecular formula is C9H7F2N3O2. The lowest BCUT2D eigenvalue weighted by atomic mass is 10.2. The maximum atomic E-state index is 12.1. The zero-order chi connectivity index (χ0) is 11.5. The third-order valence-electron chi connectivity index (χ3n) is 1.74. The van der Waals surface area contributed by atoms with Gasteiger partial charge in [-0.1, -0.05) is 5.16 Å². The highest BCUT2D eigenvalue weighted by Gasteiger charge is 2.15. The van der Waals surface area contributed by atoms with Crippen LogP contribution in [-0.2, 0) is 0 Å². The van der Waals surface area contributed by atoms with E-state index in [-0.39, 0.29) is 17.3 Å². The Bertz CT molecular complexity index is 487. The van der Waals surface area contributed by atoms with Gasteiger partial charge in [0, 0.05) is 13.1 Å². The Morgan fingerprint density at radius 1 is 1.44 bits per heavy atom. The fourth-order valence-corrected chi connectivity index (χ4v) is 1.15. The van der Waals surface area contributed by atoms with Crippen LogP contribution in [0.4, 0.5) is 8.78 Å². The van der Waals surface area contributed by atoms with Crippen molar-refractivity contribution in [1.29, 1.82) is 0 Å². The summed E-state index contributed by atoms with van der Waals surface area (Å²) in [4.78, 5) is 7.59. The first-order chi connectivity index (χ1) is 7.66. The number of hydrogen-bond acceptors (Lipinski definition) is 5. The van der Waals surface area contributed by atoms with Gasteiger partial charge in [-0.15, -0.1) is 0 Å². The summed E-state index contributed by atoms with van der Waals surface area (Å²) < 4.78 is 33.2. The highest BCUT2D eigenvalue weighted by Crippen LogP contribution is 2.26. The summed E-state index contributed by atoms with van der Waals surface area (Å²) in [5.41, 5.74) is 0.264. The minimum atomic E-state index is -2.94. The lowest BCUT2D eigenvalue weighted by Crippen LogP contribution is -2.05. The fraction of sp³-hybridized carbons (Fsp3) is 0.222. The number of rotatable bonds is 3. The van der Waals surface area contributed by atoms with E-state index >= 15 is 0 Å². The zero-order valence-electron chi connectivity index (χ0n) is 8.22.